The number of piperidine rings is 1. The van der Waals surface area contributed by atoms with Crippen molar-refractivity contribution in [3.05, 3.63) is 23.2 Å². The minimum absolute atomic E-state index is 0.0735. The lowest BCUT2D eigenvalue weighted by Crippen LogP contribution is -2.49. The molecule has 0 radical (unpaired) electrons. The second-order valence-electron chi connectivity index (χ2n) is 6.52. The zero-order valence-corrected chi connectivity index (χ0v) is 16.0. The molecule has 2 amide bonds. The van der Waals surface area contributed by atoms with Gasteiger partial charge in [-0.05, 0) is 51.6 Å². The van der Waals surface area contributed by atoms with E-state index in [9.17, 15) is 4.79 Å². The minimum Gasteiger partial charge on any atom is -0.490 e. The highest BCUT2D eigenvalue weighted by atomic mass is 35.5. The molecule has 0 saturated carbocycles. The first-order chi connectivity index (χ1) is 12.0. The lowest BCUT2D eigenvalue weighted by atomic mass is 10.0. The Hall–Kier alpha value is -1.50. The summed E-state index contributed by atoms with van der Waals surface area (Å²) in [7, 11) is 5.69. The van der Waals surface area contributed by atoms with Crippen molar-refractivity contribution in [1.82, 2.24) is 9.80 Å². The molecule has 1 saturated heterocycles. The average molecular weight is 370 g/mol. The van der Waals surface area contributed by atoms with Crippen LogP contribution in [0.3, 0.4) is 0 Å². The lowest BCUT2D eigenvalue weighted by Gasteiger charge is -2.37. The molecular weight excluding hydrogens is 342 g/mol. The monoisotopic (exact) mass is 369 g/mol. The van der Waals surface area contributed by atoms with Gasteiger partial charge in [0.25, 0.3) is 0 Å². The van der Waals surface area contributed by atoms with Gasteiger partial charge >= 0.3 is 6.03 Å². The van der Waals surface area contributed by atoms with Crippen LogP contribution in [0.15, 0.2) is 18.2 Å². The summed E-state index contributed by atoms with van der Waals surface area (Å²) in [6, 6.07) is 5.45. The number of likely N-dealkylation sites (N-methyl/N-ethyl adjacent to an activating group) is 1. The van der Waals surface area contributed by atoms with Crippen LogP contribution in [0.5, 0.6) is 5.75 Å². The predicted molar refractivity (Wildman–Crippen MR) is 101 cm³/mol. The quantitative estimate of drug-likeness (QED) is 0.749. The molecule has 1 N–H and O–H groups in total. The van der Waals surface area contributed by atoms with E-state index in [1.807, 2.05) is 19.0 Å². The maximum Gasteiger partial charge on any atom is 0.322 e. The lowest BCUT2D eigenvalue weighted by molar-refractivity contribution is 0.143. The van der Waals surface area contributed by atoms with E-state index in [0.717, 1.165) is 25.9 Å². The highest BCUT2D eigenvalue weighted by Crippen LogP contribution is 2.28. The number of hydrogen-bond donors (Lipinski definition) is 1. The maximum absolute atomic E-state index is 12.7. The molecular formula is C18H28ClN3O3. The third kappa shape index (κ3) is 6.06. The first-order valence-electron chi connectivity index (χ1n) is 8.65. The summed E-state index contributed by atoms with van der Waals surface area (Å²) in [5.41, 5.74) is 0.670. The summed E-state index contributed by atoms with van der Waals surface area (Å²) in [6.07, 6.45) is 3.25. The number of halogens is 1. The third-order valence-electron chi connectivity index (χ3n) is 4.19. The fraction of sp³-hybridized carbons (Fsp3) is 0.611. The second kappa shape index (κ2) is 9.85. The van der Waals surface area contributed by atoms with Crippen molar-refractivity contribution >= 4 is 23.3 Å². The van der Waals surface area contributed by atoms with Gasteiger partial charge in [0.1, 0.15) is 12.4 Å². The molecule has 1 aliphatic heterocycles. The molecule has 2 rings (SSSR count). The molecule has 0 aromatic heterocycles. The molecule has 1 heterocycles. The molecule has 0 spiro atoms. The van der Waals surface area contributed by atoms with Crippen molar-refractivity contribution in [2.24, 2.45) is 0 Å². The van der Waals surface area contributed by atoms with Gasteiger partial charge < -0.3 is 24.6 Å². The van der Waals surface area contributed by atoms with E-state index in [1.54, 1.807) is 25.3 Å². The summed E-state index contributed by atoms with van der Waals surface area (Å²) in [6.45, 7) is 2.59. The average Bonchev–Trinajstić information content (AvgIpc) is 2.57. The number of likely N-dealkylation sites (tertiary alicyclic amines) is 1. The van der Waals surface area contributed by atoms with Crippen LogP contribution >= 0.6 is 11.6 Å². The minimum atomic E-state index is -0.0735. The Bertz CT molecular complexity index is 568. The number of carbonyl (C=O) groups is 1. The van der Waals surface area contributed by atoms with Crippen molar-refractivity contribution in [3.63, 3.8) is 0 Å². The topological polar surface area (TPSA) is 54.0 Å². The Morgan fingerprint density at radius 1 is 1.36 bits per heavy atom. The first-order valence-corrected chi connectivity index (χ1v) is 9.02. The number of rotatable bonds is 7. The number of hydrogen-bond acceptors (Lipinski definition) is 4. The highest BCUT2D eigenvalue weighted by Gasteiger charge is 2.27. The van der Waals surface area contributed by atoms with E-state index in [4.69, 9.17) is 21.1 Å². The van der Waals surface area contributed by atoms with Crippen LogP contribution < -0.4 is 10.1 Å². The number of ether oxygens (including phenoxy) is 2. The number of urea groups is 1. The molecule has 1 aromatic rings. The second-order valence-corrected chi connectivity index (χ2v) is 6.93. The molecule has 0 unspecified atom stereocenters. The molecule has 25 heavy (non-hydrogen) atoms. The van der Waals surface area contributed by atoms with Crippen LogP contribution in [0.25, 0.3) is 0 Å². The Kier molecular flexibility index (Phi) is 7.81. The van der Waals surface area contributed by atoms with Crippen LogP contribution in [0.2, 0.25) is 5.02 Å². The summed E-state index contributed by atoms with van der Waals surface area (Å²) in [5.74, 6) is 0.583. The smallest absolute Gasteiger partial charge is 0.322 e. The zero-order chi connectivity index (χ0) is 18.2. The van der Waals surface area contributed by atoms with Gasteiger partial charge in [0.05, 0.1) is 11.6 Å². The largest absolute Gasteiger partial charge is 0.490 e. The van der Waals surface area contributed by atoms with Crippen molar-refractivity contribution in [3.8, 4) is 5.75 Å². The van der Waals surface area contributed by atoms with Gasteiger partial charge in [-0.25, -0.2) is 4.79 Å². The molecule has 1 aliphatic rings. The van der Waals surface area contributed by atoms with Gasteiger partial charge in [0, 0.05) is 31.9 Å². The third-order valence-corrected chi connectivity index (χ3v) is 4.49. The van der Waals surface area contributed by atoms with Crippen LogP contribution in [0.1, 0.15) is 19.3 Å². The Morgan fingerprint density at radius 3 is 2.84 bits per heavy atom. The fourth-order valence-corrected chi connectivity index (χ4v) is 3.24. The molecule has 0 bridgehead atoms. The Balaban J connectivity index is 1.97. The number of methoxy groups -OCH3 is 1. The number of nitrogens with one attached hydrogen (secondary N) is 1. The van der Waals surface area contributed by atoms with E-state index in [1.165, 1.54) is 6.42 Å². The van der Waals surface area contributed by atoms with Crippen molar-refractivity contribution in [1.29, 1.82) is 0 Å². The summed E-state index contributed by atoms with van der Waals surface area (Å²) in [4.78, 5) is 16.7. The number of nitrogens with zero attached hydrogens (tertiary/aromatic N) is 2. The number of amides is 2. The molecule has 140 valence electrons. The van der Waals surface area contributed by atoms with Crippen LogP contribution in [0.4, 0.5) is 10.5 Å². The van der Waals surface area contributed by atoms with Gasteiger partial charge in [-0.1, -0.05) is 11.6 Å². The van der Waals surface area contributed by atoms with E-state index in [-0.39, 0.29) is 12.1 Å². The first kappa shape index (κ1) is 19.8. The molecule has 1 atom stereocenters. The molecule has 1 fully saturated rings. The van der Waals surface area contributed by atoms with Gasteiger partial charge in [-0.15, -0.1) is 0 Å². The zero-order valence-electron chi connectivity index (χ0n) is 15.3. The van der Waals surface area contributed by atoms with Gasteiger partial charge in [-0.2, -0.15) is 0 Å². The van der Waals surface area contributed by atoms with Gasteiger partial charge in [-0.3, -0.25) is 0 Å². The maximum atomic E-state index is 12.7. The number of benzene rings is 1. The standard InChI is InChI=1S/C18H28ClN3O3/c1-21(2)13-15-6-4-5-9-22(15)18(23)20-14-7-8-17(16(19)12-14)25-11-10-24-3/h7-8,12,15H,4-6,9-11,13H2,1-3H3,(H,20,23)/t15-/m0/s1. The SMILES string of the molecule is COCCOc1ccc(NC(=O)N2CCCC[C@H]2CN(C)C)cc1Cl. The van der Waals surface area contributed by atoms with Crippen LogP contribution in [0, 0.1) is 0 Å². The highest BCUT2D eigenvalue weighted by molar-refractivity contribution is 6.32. The van der Waals surface area contributed by atoms with Gasteiger partial charge in [0.2, 0.25) is 0 Å². The Labute approximate surface area is 155 Å². The summed E-state index contributed by atoms with van der Waals surface area (Å²) in [5, 5.41) is 3.42. The number of anilines is 1. The van der Waals surface area contributed by atoms with Crippen LogP contribution in [-0.4, -0.2) is 69.4 Å². The van der Waals surface area contributed by atoms with E-state index in [2.05, 4.69) is 10.2 Å². The Morgan fingerprint density at radius 2 is 2.16 bits per heavy atom. The molecule has 7 heteroatoms. The molecule has 6 nitrogen and oxygen atoms in total. The van der Waals surface area contributed by atoms with Gasteiger partial charge in [0.15, 0.2) is 0 Å². The fourth-order valence-electron chi connectivity index (χ4n) is 3.01. The van der Waals surface area contributed by atoms with Crippen molar-refractivity contribution in [2.45, 2.75) is 25.3 Å². The van der Waals surface area contributed by atoms with E-state index < -0.39 is 0 Å². The summed E-state index contributed by atoms with van der Waals surface area (Å²) < 4.78 is 10.5. The normalized spacial score (nSPS) is 17.6. The molecule has 1 aromatic carbocycles. The van der Waals surface area contributed by atoms with Crippen molar-refractivity contribution < 1.29 is 14.3 Å². The van der Waals surface area contributed by atoms with Crippen molar-refractivity contribution in [2.75, 3.05) is 52.8 Å². The number of carbonyl (C=O) groups excluding carboxylic acids is 1. The van der Waals surface area contributed by atoms with E-state index >= 15 is 0 Å². The van der Waals surface area contributed by atoms with E-state index in [0.29, 0.717) is 29.7 Å². The molecule has 0 aliphatic carbocycles. The van der Waals surface area contributed by atoms with Crippen LogP contribution in [-0.2, 0) is 4.74 Å². The summed E-state index contributed by atoms with van der Waals surface area (Å²) >= 11 is 6.24. The predicted octanol–water partition coefficient (Wildman–Crippen LogP) is 3.31.